The predicted octanol–water partition coefficient (Wildman–Crippen LogP) is 1.72. The molecule has 0 radical (unpaired) electrons. The molecule has 1 rings (SSSR count). The van der Waals surface area contributed by atoms with Crippen LogP contribution < -0.4 is 0 Å². The fourth-order valence-electron chi connectivity index (χ4n) is 1.13. The summed E-state index contributed by atoms with van der Waals surface area (Å²) < 4.78 is 2.83. The van der Waals surface area contributed by atoms with Crippen molar-refractivity contribution in [1.29, 1.82) is 0 Å². The van der Waals surface area contributed by atoms with Crippen LogP contribution in [0.15, 0.2) is 0 Å². The van der Waals surface area contributed by atoms with Crippen molar-refractivity contribution in [3.63, 3.8) is 0 Å². The Morgan fingerprint density at radius 1 is 1.36 bits per heavy atom. The fraction of sp³-hybridized carbons (Fsp3) is 0.714. The standard InChI is InChI=1S/C7H12IN3/c1-7(2,3)5-6(8)9-10-11(5)4/h1-4H3. The summed E-state index contributed by atoms with van der Waals surface area (Å²) in [6.45, 7) is 6.48. The van der Waals surface area contributed by atoms with Crippen LogP contribution in [-0.4, -0.2) is 15.0 Å². The van der Waals surface area contributed by atoms with Crippen LogP contribution in [0, 0.1) is 3.70 Å². The molecule has 0 saturated heterocycles. The monoisotopic (exact) mass is 265 g/mol. The molecule has 0 fully saturated rings. The molecule has 4 heteroatoms. The summed E-state index contributed by atoms with van der Waals surface area (Å²) >= 11 is 2.21. The molecule has 62 valence electrons. The second-order valence-electron chi connectivity index (χ2n) is 3.60. The Kier molecular flexibility index (Phi) is 2.22. The molecule has 0 aliphatic carbocycles. The largest absolute Gasteiger partial charge is 0.251 e. The van der Waals surface area contributed by atoms with E-state index in [-0.39, 0.29) is 5.41 Å². The molecule has 0 amide bonds. The normalized spacial score (nSPS) is 12.1. The van der Waals surface area contributed by atoms with Gasteiger partial charge in [0.15, 0.2) is 0 Å². The van der Waals surface area contributed by atoms with Gasteiger partial charge in [-0.15, -0.1) is 5.10 Å². The number of rotatable bonds is 0. The lowest BCUT2D eigenvalue weighted by Gasteiger charge is -2.17. The summed E-state index contributed by atoms with van der Waals surface area (Å²) in [5.74, 6) is 0. The molecule has 0 aliphatic rings. The molecule has 11 heavy (non-hydrogen) atoms. The lowest BCUT2D eigenvalue weighted by atomic mass is 9.93. The van der Waals surface area contributed by atoms with Gasteiger partial charge in [0.1, 0.15) is 3.70 Å². The maximum Gasteiger partial charge on any atom is 0.147 e. The number of hydrogen-bond donors (Lipinski definition) is 0. The molecule has 0 aliphatic heterocycles. The molecule has 1 heterocycles. The molecule has 1 aromatic heterocycles. The van der Waals surface area contributed by atoms with Crippen molar-refractivity contribution >= 4 is 22.6 Å². The molecule has 0 aromatic carbocycles. The average molecular weight is 265 g/mol. The van der Waals surface area contributed by atoms with Crippen LogP contribution in [0.1, 0.15) is 26.5 Å². The van der Waals surface area contributed by atoms with Crippen LogP contribution >= 0.6 is 22.6 Å². The zero-order valence-corrected chi connectivity index (χ0v) is 9.38. The summed E-state index contributed by atoms with van der Waals surface area (Å²) in [6.07, 6.45) is 0. The SMILES string of the molecule is Cn1nnc(I)c1C(C)(C)C. The van der Waals surface area contributed by atoms with E-state index in [1.165, 1.54) is 5.69 Å². The number of aryl methyl sites for hydroxylation is 1. The molecule has 1 aromatic rings. The van der Waals surface area contributed by atoms with Gasteiger partial charge in [-0.2, -0.15) is 0 Å². The van der Waals surface area contributed by atoms with Gasteiger partial charge in [-0.3, -0.25) is 4.68 Å². The summed E-state index contributed by atoms with van der Waals surface area (Å²) in [6, 6.07) is 0. The summed E-state index contributed by atoms with van der Waals surface area (Å²) in [7, 11) is 1.93. The van der Waals surface area contributed by atoms with Crippen LogP contribution in [0.2, 0.25) is 0 Å². The van der Waals surface area contributed by atoms with Gasteiger partial charge >= 0.3 is 0 Å². The first-order chi connectivity index (χ1) is 4.93. The smallest absolute Gasteiger partial charge is 0.147 e. The van der Waals surface area contributed by atoms with Crippen LogP contribution in [-0.2, 0) is 12.5 Å². The van der Waals surface area contributed by atoms with E-state index < -0.39 is 0 Å². The molecule has 0 bridgehead atoms. The Bertz CT molecular complexity index is 240. The Hall–Kier alpha value is -0.130. The van der Waals surface area contributed by atoms with Gasteiger partial charge in [0.05, 0.1) is 5.69 Å². The first-order valence-electron chi connectivity index (χ1n) is 3.48. The van der Waals surface area contributed by atoms with Crippen LogP contribution in [0.25, 0.3) is 0 Å². The third-order valence-electron chi connectivity index (χ3n) is 1.50. The molecule has 0 saturated carbocycles. The maximum atomic E-state index is 3.98. The zero-order chi connectivity index (χ0) is 8.65. The van der Waals surface area contributed by atoms with Gasteiger partial charge in [0.25, 0.3) is 0 Å². The Labute approximate surface area is 80.3 Å². The number of nitrogens with zero attached hydrogens (tertiary/aromatic N) is 3. The minimum atomic E-state index is 0.134. The highest BCUT2D eigenvalue weighted by atomic mass is 127. The quantitative estimate of drug-likeness (QED) is 0.669. The van der Waals surface area contributed by atoms with Crippen LogP contribution in [0.3, 0.4) is 0 Å². The lowest BCUT2D eigenvalue weighted by molar-refractivity contribution is 0.518. The molecular formula is C7H12IN3. The van der Waals surface area contributed by atoms with Crippen molar-refractivity contribution in [1.82, 2.24) is 15.0 Å². The van der Waals surface area contributed by atoms with Gasteiger partial charge in [0.2, 0.25) is 0 Å². The fourth-order valence-corrected chi connectivity index (χ4v) is 2.38. The van der Waals surface area contributed by atoms with Crippen molar-refractivity contribution in [3.05, 3.63) is 9.39 Å². The van der Waals surface area contributed by atoms with E-state index in [0.29, 0.717) is 0 Å². The third kappa shape index (κ3) is 1.72. The van der Waals surface area contributed by atoms with Crippen molar-refractivity contribution in [2.75, 3.05) is 0 Å². The average Bonchev–Trinajstić information content (AvgIpc) is 2.08. The Morgan fingerprint density at radius 2 is 1.91 bits per heavy atom. The third-order valence-corrected chi connectivity index (χ3v) is 2.22. The Balaban J connectivity index is 3.21. The van der Waals surface area contributed by atoms with Crippen molar-refractivity contribution in [3.8, 4) is 0 Å². The molecule has 3 nitrogen and oxygen atoms in total. The van der Waals surface area contributed by atoms with Crippen LogP contribution in [0.5, 0.6) is 0 Å². The summed E-state index contributed by atoms with van der Waals surface area (Å²) in [4.78, 5) is 0. The highest BCUT2D eigenvalue weighted by Gasteiger charge is 2.22. The van der Waals surface area contributed by atoms with Crippen molar-refractivity contribution in [2.24, 2.45) is 7.05 Å². The number of halogens is 1. The summed E-state index contributed by atoms with van der Waals surface area (Å²) in [5.41, 5.74) is 1.33. The number of hydrogen-bond acceptors (Lipinski definition) is 2. The van der Waals surface area contributed by atoms with E-state index in [2.05, 4.69) is 53.7 Å². The minimum Gasteiger partial charge on any atom is -0.251 e. The zero-order valence-electron chi connectivity index (χ0n) is 7.22. The second kappa shape index (κ2) is 2.73. The number of aromatic nitrogens is 3. The van der Waals surface area contributed by atoms with Crippen molar-refractivity contribution in [2.45, 2.75) is 26.2 Å². The van der Waals surface area contributed by atoms with Gasteiger partial charge in [-0.1, -0.05) is 26.0 Å². The molecule has 0 atom stereocenters. The first-order valence-corrected chi connectivity index (χ1v) is 4.56. The summed E-state index contributed by atoms with van der Waals surface area (Å²) in [5, 5.41) is 7.92. The second-order valence-corrected chi connectivity index (χ2v) is 4.62. The molecule has 0 unspecified atom stereocenters. The van der Waals surface area contributed by atoms with E-state index in [9.17, 15) is 0 Å². The highest BCUT2D eigenvalue weighted by Crippen LogP contribution is 2.24. The van der Waals surface area contributed by atoms with Gasteiger partial charge < -0.3 is 0 Å². The Morgan fingerprint density at radius 3 is 2.09 bits per heavy atom. The van der Waals surface area contributed by atoms with Gasteiger partial charge in [-0.25, -0.2) is 0 Å². The lowest BCUT2D eigenvalue weighted by Crippen LogP contribution is -2.17. The first kappa shape index (κ1) is 8.96. The predicted molar refractivity (Wildman–Crippen MR) is 52.4 cm³/mol. The van der Waals surface area contributed by atoms with E-state index in [1.54, 1.807) is 0 Å². The molecular weight excluding hydrogens is 253 g/mol. The van der Waals surface area contributed by atoms with E-state index in [4.69, 9.17) is 0 Å². The minimum absolute atomic E-state index is 0.134. The topological polar surface area (TPSA) is 30.7 Å². The molecule has 0 N–H and O–H groups in total. The van der Waals surface area contributed by atoms with E-state index >= 15 is 0 Å². The van der Waals surface area contributed by atoms with Gasteiger partial charge in [0, 0.05) is 12.5 Å². The van der Waals surface area contributed by atoms with Gasteiger partial charge in [-0.05, 0) is 22.6 Å². The van der Waals surface area contributed by atoms with E-state index in [0.717, 1.165) is 3.70 Å². The van der Waals surface area contributed by atoms with E-state index in [1.807, 2.05) is 11.7 Å². The maximum absolute atomic E-state index is 3.98. The highest BCUT2D eigenvalue weighted by molar-refractivity contribution is 14.1. The van der Waals surface area contributed by atoms with Crippen LogP contribution in [0.4, 0.5) is 0 Å². The molecule has 0 spiro atoms. The van der Waals surface area contributed by atoms with Crippen molar-refractivity contribution < 1.29 is 0 Å².